The van der Waals surface area contributed by atoms with Gasteiger partial charge in [-0.15, -0.1) is 0 Å². The van der Waals surface area contributed by atoms with Crippen molar-refractivity contribution in [2.45, 2.75) is 6.54 Å². The van der Waals surface area contributed by atoms with Gasteiger partial charge in [0.05, 0.1) is 10.5 Å². The van der Waals surface area contributed by atoms with E-state index in [1.54, 1.807) is 0 Å². The van der Waals surface area contributed by atoms with Crippen molar-refractivity contribution in [1.82, 2.24) is 0 Å². The molecule has 7 nitrogen and oxygen atoms in total. The van der Waals surface area contributed by atoms with Crippen LogP contribution in [-0.4, -0.2) is 16.0 Å². The molecule has 3 N–H and O–H groups in total. The van der Waals surface area contributed by atoms with E-state index in [2.05, 4.69) is 0 Å². The first-order valence-corrected chi connectivity index (χ1v) is 4.16. The number of nitrogens with zero attached hydrogens (tertiary/aromatic N) is 2. The number of nitrogens with two attached hydrogens (primary N) is 1. The number of carboxylic acid groups (broad SMARTS) is 1. The van der Waals surface area contributed by atoms with E-state index in [-0.39, 0.29) is 12.1 Å². The number of nitro benzene ring substituents is 1. The highest BCUT2D eigenvalue weighted by Gasteiger charge is 2.24. The maximum absolute atomic E-state index is 10.9. The second kappa shape index (κ2) is 4.37. The second-order valence-corrected chi connectivity index (χ2v) is 2.87. The third kappa shape index (κ3) is 1.82. The van der Waals surface area contributed by atoms with Crippen molar-refractivity contribution in [3.63, 3.8) is 0 Å². The standard InChI is InChI=1S/C9H7N3O4/c10-3-5-1-2-7(12(15)16)6(4-11)8(5)9(13)14/h1-2H,3,10H2,(H,13,14). The first-order chi connectivity index (χ1) is 7.52. The highest BCUT2D eigenvalue weighted by Crippen LogP contribution is 2.24. The molecule has 0 heterocycles. The van der Waals surface area contributed by atoms with Gasteiger partial charge in [0.2, 0.25) is 0 Å². The van der Waals surface area contributed by atoms with E-state index in [1.165, 1.54) is 12.1 Å². The highest BCUT2D eigenvalue weighted by atomic mass is 16.6. The minimum atomic E-state index is -1.40. The lowest BCUT2D eigenvalue weighted by molar-refractivity contribution is -0.385. The molecular formula is C9H7N3O4. The Balaban J connectivity index is 3.64. The van der Waals surface area contributed by atoms with Gasteiger partial charge in [-0.3, -0.25) is 10.1 Å². The van der Waals surface area contributed by atoms with Crippen LogP contribution in [0.3, 0.4) is 0 Å². The van der Waals surface area contributed by atoms with E-state index in [9.17, 15) is 14.9 Å². The molecule has 82 valence electrons. The fourth-order valence-electron chi connectivity index (χ4n) is 1.31. The van der Waals surface area contributed by atoms with Crippen LogP contribution in [0.1, 0.15) is 21.5 Å². The molecule has 16 heavy (non-hydrogen) atoms. The quantitative estimate of drug-likeness (QED) is 0.568. The first kappa shape index (κ1) is 11.6. The molecule has 1 aromatic rings. The highest BCUT2D eigenvalue weighted by molar-refractivity contribution is 5.94. The molecule has 0 bridgehead atoms. The van der Waals surface area contributed by atoms with Crippen LogP contribution in [0.25, 0.3) is 0 Å². The Morgan fingerprint density at radius 2 is 2.25 bits per heavy atom. The summed E-state index contributed by atoms with van der Waals surface area (Å²) in [4.78, 5) is 20.7. The average Bonchev–Trinajstić information content (AvgIpc) is 2.26. The van der Waals surface area contributed by atoms with Gasteiger partial charge in [0.25, 0.3) is 5.69 Å². The largest absolute Gasteiger partial charge is 0.478 e. The molecule has 0 aromatic heterocycles. The summed E-state index contributed by atoms with van der Waals surface area (Å²) in [5.74, 6) is -1.40. The Bertz CT molecular complexity index is 504. The number of aromatic carboxylic acids is 1. The smallest absolute Gasteiger partial charge is 0.337 e. The molecule has 0 aliphatic rings. The summed E-state index contributed by atoms with van der Waals surface area (Å²) in [7, 11) is 0. The van der Waals surface area contributed by atoms with Crippen molar-refractivity contribution in [3.8, 4) is 6.07 Å². The van der Waals surface area contributed by atoms with Gasteiger partial charge >= 0.3 is 5.97 Å². The van der Waals surface area contributed by atoms with Crippen LogP contribution >= 0.6 is 0 Å². The summed E-state index contributed by atoms with van der Waals surface area (Å²) in [6.07, 6.45) is 0. The molecule has 1 rings (SSSR count). The molecule has 7 heteroatoms. The molecule has 0 saturated heterocycles. The summed E-state index contributed by atoms with van der Waals surface area (Å²) in [5.41, 5.74) is 4.08. The Labute approximate surface area is 89.9 Å². The Kier molecular flexibility index (Phi) is 3.17. The molecule has 0 aliphatic carbocycles. The Morgan fingerprint density at radius 3 is 2.62 bits per heavy atom. The van der Waals surface area contributed by atoms with Gasteiger partial charge in [-0.25, -0.2) is 4.79 Å². The predicted molar refractivity (Wildman–Crippen MR) is 52.7 cm³/mol. The molecule has 0 fully saturated rings. The van der Waals surface area contributed by atoms with Crippen LogP contribution in [0.4, 0.5) is 5.69 Å². The van der Waals surface area contributed by atoms with Crippen LogP contribution in [-0.2, 0) is 6.54 Å². The molecule has 0 unspecified atom stereocenters. The lowest BCUT2D eigenvalue weighted by Gasteiger charge is -2.05. The maximum Gasteiger partial charge on any atom is 0.337 e. The topological polar surface area (TPSA) is 130 Å². The monoisotopic (exact) mass is 221 g/mol. The van der Waals surface area contributed by atoms with Crippen LogP contribution < -0.4 is 5.73 Å². The van der Waals surface area contributed by atoms with Crippen LogP contribution in [0.5, 0.6) is 0 Å². The van der Waals surface area contributed by atoms with Crippen LogP contribution in [0, 0.1) is 21.4 Å². The molecule has 0 radical (unpaired) electrons. The number of hydrogen-bond donors (Lipinski definition) is 2. The molecular weight excluding hydrogens is 214 g/mol. The summed E-state index contributed by atoms with van der Waals surface area (Å²) < 4.78 is 0. The number of benzene rings is 1. The summed E-state index contributed by atoms with van der Waals surface area (Å²) in [6.45, 7) is -0.103. The van der Waals surface area contributed by atoms with Crippen LogP contribution in [0.2, 0.25) is 0 Å². The van der Waals surface area contributed by atoms with Crippen molar-refractivity contribution in [3.05, 3.63) is 38.9 Å². The molecule has 0 saturated carbocycles. The third-order valence-corrected chi connectivity index (χ3v) is 2.01. The van der Waals surface area contributed by atoms with Gasteiger partial charge in [-0.2, -0.15) is 5.26 Å². The van der Waals surface area contributed by atoms with Gasteiger partial charge in [0.15, 0.2) is 0 Å². The van der Waals surface area contributed by atoms with Crippen molar-refractivity contribution in [2.75, 3.05) is 0 Å². The lowest BCUT2D eigenvalue weighted by Crippen LogP contribution is -2.11. The van der Waals surface area contributed by atoms with Crippen molar-refractivity contribution in [1.29, 1.82) is 5.26 Å². The number of nitriles is 1. The number of carboxylic acids is 1. The number of rotatable bonds is 3. The van der Waals surface area contributed by atoms with E-state index in [1.807, 2.05) is 0 Å². The van der Waals surface area contributed by atoms with E-state index in [4.69, 9.17) is 16.1 Å². The molecule has 1 aromatic carbocycles. The maximum atomic E-state index is 10.9. The number of hydrogen-bond acceptors (Lipinski definition) is 5. The summed E-state index contributed by atoms with van der Waals surface area (Å²) in [5, 5.41) is 28.2. The van der Waals surface area contributed by atoms with Gasteiger partial charge in [0.1, 0.15) is 11.6 Å². The third-order valence-electron chi connectivity index (χ3n) is 2.01. The van der Waals surface area contributed by atoms with E-state index in [0.29, 0.717) is 0 Å². The zero-order valence-electron chi connectivity index (χ0n) is 8.01. The summed E-state index contributed by atoms with van der Waals surface area (Å²) in [6, 6.07) is 3.84. The average molecular weight is 221 g/mol. The van der Waals surface area contributed by atoms with E-state index >= 15 is 0 Å². The fraction of sp³-hybridized carbons (Fsp3) is 0.111. The molecule has 0 atom stereocenters. The minimum Gasteiger partial charge on any atom is -0.478 e. The number of carbonyl (C=O) groups is 1. The molecule has 0 amide bonds. The fourth-order valence-corrected chi connectivity index (χ4v) is 1.31. The zero-order chi connectivity index (χ0) is 12.3. The van der Waals surface area contributed by atoms with Crippen molar-refractivity contribution >= 4 is 11.7 Å². The molecule has 0 spiro atoms. The van der Waals surface area contributed by atoms with Gasteiger partial charge in [-0.1, -0.05) is 0 Å². The predicted octanol–water partition coefficient (Wildman–Crippen LogP) is 0.623. The summed E-state index contributed by atoms with van der Waals surface area (Å²) >= 11 is 0. The molecule has 0 aliphatic heterocycles. The van der Waals surface area contributed by atoms with Gasteiger partial charge in [-0.05, 0) is 11.6 Å². The zero-order valence-corrected chi connectivity index (χ0v) is 8.01. The Morgan fingerprint density at radius 1 is 1.62 bits per heavy atom. The van der Waals surface area contributed by atoms with Gasteiger partial charge < -0.3 is 10.8 Å². The lowest BCUT2D eigenvalue weighted by atomic mass is 10.00. The number of nitro groups is 1. The Hall–Kier alpha value is -2.46. The van der Waals surface area contributed by atoms with Crippen LogP contribution in [0.15, 0.2) is 12.1 Å². The van der Waals surface area contributed by atoms with E-state index < -0.39 is 27.7 Å². The van der Waals surface area contributed by atoms with Crippen molar-refractivity contribution in [2.24, 2.45) is 5.73 Å². The normalized spacial score (nSPS) is 9.50. The van der Waals surface area contributed by atoms with Gasteiger partial charge in [0, 0.05) is 12.6 Å². The van der Waals surface area contributed by atoms with Crippen molar-refractivity contribution < 1.29 is 14.8 Å². The van der Waals surface area contributed by atoms with E-state index in [0.717, 1.165) is 6.07 Å². The SMILES string of the molecule is N#Cc1c([N+](=O)[O-])ccc(CN)c1C(=O)O. The second-order valence-electron chi connectivity index (χ2n) is 2.87. The minimum absolute atomic E-state index is 0.103. The first-order valence-electron chi connectivity index (χ1n) is 4.16.